The Balaban J connectivity index is 2.35. The molecule has 0 aliphatic heterocycles. The quantitative estimate of drug-likeness (QED) is 0.626. The molecular weight excluding hydrogens is 295 g/mol. The Morgan fingerprint density at radius 1 is 0.826 bits per heavy atom. The molecule has 0 saturated carbocycles. The van der Waals surface area contributed by atoms with Crippen LogP contribution >= 0.6 is 0 Å². The van der Waals surface area contributed by atoms with Gasteiger partial charge in [0.05, 0.1) is 21.3 Å². The minimum absolute atomic E-state index is 0.312. The molecule has 2 aromatic carbocycles. The lowest BCUT2D eigenvalue weighted by Crippen LogP contribution is -2.31. The second-order valence-corrected chi connectivity index (χ2v) is 4.82. The molecule has 0 heterocycles. The van der Waals surface area contributed by atoms with Crippen molar-refractivity contribution >= 4 is 24.7 Å². The molecule has 0 aliphatic carbocycles. The van der Waals surface area contributed by atoms with E-state index in [9.17, 15) is 10.0 Å². The minimum Gasteiger partial charge on any atom is -0.497 e. The molecule has 0 amide bonds. The zero-order chi connectivity index (χ0) is 16.8. The molecule has 5 nitrogen and oxygen atoms in total. The average Bonchev–Trinajstić information content (AvgIpc) is 2.59. The van der Waals surface area contributed by atoms with Gasteiger partial charge in [0, 0.05) is 11.0 Å². The third kappa shape index (κ3) is 4.06. The molecule has 0 aromatic heterocycles. The summed E-state index contributed by atoms with van der Waals surface area (Å²) in [5.41, 5.74) is 1.97. The fraction of sp³-hybridized carbons (Fsp3) is 0.176. The summed E-state index contributed by atoms with van der Waals surface area (Å²) in [6.45, 7) is 0. The van der Waals surface area contributed by atoms with Crippen LogP contribution in [0.3, 0.4) is 0 Å². The van der Waals surface area contributed by atoms with Gasteiger partial charge < -0.3 is 24.3 Å². The SMILES string of the molecule is COc1ccc(OC)c(/C=C/c2ccc(OC)c(B(O)O)c2)c1. The number of hydrogen-bond donors (Lipinski definition) is 2. The highest BCUT2D eigenvalue weighted by atomic mass is 16.5. The Kier molecular flexibility index (Phi) is 5.68. The van der Waals surface area contributed by atoms with Gasteiger partial charge in [-0.05, 0) is 29.8 Å². The largest absolute Gasteiger partial charge is 0.497 e. The van der Waals surface area contributed by atoms with Crippen LogP contribution in [0.15, 0.2) is 36.4 Å². The molecule has 0 spiro atoms. The van der Waals surface area contributed by atoms with E-state index in [0.29, 0.717) is 11.2 Å². The van der Waals surface area contributed by atoms with Gasteiger partial charge in [0.1, 0.15) is 17.2 Å². The van der Waals surface area contributed by atoms with Crippen molar-refractivity contribution in [3.8, 4) is 17.2 Å². The number of rotatable bonds is 6. The topological polar surface area (TPSA) is 68.2 Å². The van der Waals surface area contributed by atoms with Crippen LogP contribution in [0.4, 0.5) is 0 Å². The first-order valence-electron chi connectivity index (χ1n) is 7.03. The van der Waals surface area contributed by atoms with Gasteiger partial charge in [0.25, 0.3) is 0 Å². The Morgan fingerprint density at radius 3 is 2.13 bits per heavy atom. The molecule has 2 N–H and O–H groups in total. The summed E-state index contributed by atoms with van der Waals surface area (Å²) in [5.74, 6) is 1.88. The Hall–Kier alpha value is -2.44. The first kappa shape index (κ1) is 16.9. The monoisotopic (exact) mass is 314 g/mol. The van der Waals surface area contributed by atoms with Crippen LogP contribution in [0.5, 0.6) is 17.2 Å². The van der Waals surface area contributed by atoms with Crippen LogP contribution in [0.25, 0.3) is 12.2 Å². The maximum absolute atomic E-state index is 9.41. The molecule has 0 radical (unpaired) electrons. The molecule has 6 heteroatoms. The molecule has 0 unspecified atom stereocenters. The van der Waals surface area contributed by atoms with E-state index in [0.717, 1.165) is 22.6 Å². The lowest BCUT2D eigenvalue weighted by atomic mass is 9.78. The van der Waals surface area contributed by atoms with E-state index in [1.165, 1.54) is 7.11 Å². The summed E-state index contributed by atoms with van der Waals surface area (Å²) in [7, 11) is 3.10. The maximum atomic E-state index is 9.41. The Bertz CT molecular complexity index is 697. The number of ether oxygens (including phenoxy) is 3. The van der Waals surface area contributed by atoms with Crippen LogP contribution in [-0.2, 0) is 0 Å². The van der Waals surface area contributed by atoms with E-state index < -0.39 is 7.12 Å². The summed E-state index contributed by atoms with van der Waals surface area (Å²) < 4.78 is 15.7. The lowest BCUT2D eigenvalue weighted by Gasteiger charge is -2.09. The van der Waals surface area contributed by atoms with Gasteiger partial charge in [-0.25, -0.2) is 0 Å². The zero-order valence-electron chi connectivity index (χ0n) is 13.3. The van der Waals surface area contributed by atoms with Gasteiger partial charge in [-0.1, -0.05) is 24.3 Å². The van der Waals surface area contributed by atoms with Gasteiger partial charge in [-0.15, -0.1) is 0 Å². The van der Waals surface area contributed by atoms with E-state index in [2.05, 4.69) is 0 Å². The molecule has 0 aliphatic rings. The highest BCUT2D eigenvalue weighted by Crippen LogP contribution is 2.26. The van der Waals surface area contributed by atoms with Crippen LogP contribution in [0, 0.1) is 0 Å². The van der Waals surface area contributed by atoms with Crippen molar-refractivity contribution in [2.45, 2.75) is 0 Å². The molecule has 120 valence electrons. The van der Waals surface area contributed by atoms with Crippen molar-refractivity contribution in [2.24, 2.45) is 0 Å². The van der Waals surface area contributed by atoms with E-state index in [-0.39, 0.29) is 0 Å². The number of methoxy groups -OCH3 is 3. The molecular formula is C17H19BO5. The molecule has 0 bridgehead atoms. The van der Waals surface area contributed by atoms with Gasteiger partial charge >= 0.3 is 7.12 Å². The molecule has 23 heavy (non-hydrogen) atoms. The summed E-state index contributed by atoms with van der Waals surface area (Å²) >= 11 is 0. The van der Waals surface area contributed by atoms with Crippen molar-refractivity contribution in [1.82, 2.24) is 0 Å². The number of hydrogen-bond acceptors (Lipinski definition) is 5. The van der Waals surface area contributed by atoms with Crippen LogP contribution in [0.2, 0.25) is 0 Å². The van der Waals surface area contributed by atoms with E-state index >= 15 is 0 Å². The highest BCUT2D eigenvalue weighted by molar-refractivity contribution is 6.59. The molecule has 0 fully saturated rings. The first-order valence-corrected chi connectivity index (χ1v) is 7.03. The predicted molar refractivity (Wildman–Crippen MR) is 91.3 cm³/mol. The van der Waals surface area contributed by atoms with Crippen LogP contribution in [0.1, 0.15) is 11.1 Å². The van der Waals surface area contributed by atoms with Crippen LogP contribution < -0.4 is 19.7 Å². The second-order valence-electron chi connectivity index (χ2n) is 4.82. The standard InChI is InChI=1S/C17H19BO5/c1-21-14-7-9-16(22-2)13(11-14)6-4-12-5-8-17(23-3)15(10-12)18(19)20/h4-11,19-20H,1-3H3/b6-4+. The predicted octanol–water partition coefficient (Wildman–Crippen LogP) is 1.56. The van der Waals surface area contributed by atoms with Gasteiger partial charge in [0.15, 0.2) is 0 Å². The second kappa shape index (κ2) is 7.71. The first-order chi connectivity index (χ1) is 11.1. The van der Waals surface area contributed by atoms with Gasteiger partial charge in [0.2, 0.25) is 0 Å². The van der Waals surface area contributed by atoms with Crippen molar-refractivity contribution in [2.75, 3.05) is 21.3 Å². The van der Waals surface area contributed by atoms with Crippen LogP contribution in [-0.4, -0.2) is 38.5 Å². The number of benzene rings is 2. The summed E-state index contributed by atoms with van der Waals surface area (Å²) in [5, 5.41) is 18.8. The van der Waals surface area contributed by atoms with Crippen molar-refractivity contribution in [1.29, 1.82) is 0 Å². The normalized spacial score (nSPS) is 10.7. The van der Waals surface area contributed by atoms with Crippen molar-refractivity contribution in [3.05, 3.63) is 47.5 Å². The third-order valence-corrected chi connectivity index (χ3v) is 3.42. The Morgan fingerprint density at radius 2 is 1.52 bits per heavy atom. The van der Waals surface area contributed by atoms with E-state index in [1.54, 1.807) is 26.4 Å². The summed E-state index contributed by atoms with van der Waals surface area (Å²) in [6, 6.07) is 10.7. The van der Waals surface area contributed by atoms with E-state index in [1.807, 2.05) is 36.4 Å². The van der Waals surface area contributed by atoms with E-state index in [4.69, 9.17) is 14.2 Å². The van der Waals surface area contributed by atoms with Crippen molar-refractivity contribution in [3.63, 3.8) is 0 Å². The highest BCUT2D eigenvalue weighted by Gasteiger charge is 2.16. The fourth-order valence-corrected chi connectivity index (χ4v) is 2.21. The smallest absolute Gasteiger partial charge is 0.492 e. The molecule has 0 atom stereocenters. The Labute approximate surface area is 135 Å². The molecule has 0 saturated heterocycles. The minimum atomic E-state index is -1.59. The van der Waals surface area contributed by atoms with Crippen molar-refractivity contribution < 1.29 is 24.3 Å². The van der Waals surface area contributed by atoms with Gasteiger partial charge in [-0.3, -0.25) is 0 Å². The third-order valence-electron chi connectivity index (χ3n) is 3.42. The van der Waals surface area contributed by atoms with Gasteiger partial charge in [-0.2, -0.15) is 0 Å². The fourth-order valence-electron chi connectivity index (χ4n) is 2.21. The lowest BCUT2D eigenvalue weighted by molar-refractivity contribution is 0.402. The summed E-state index contributed by atoms with van der Waals surface area (Å²) in [4.78, 5) is 0. The average molecular weight is 314 g/mol. The summed E-state index contributed by atoms with van der Waals surface area (Å²) in [6.07, 6.45) is 3.72. The zero-order valence-corrected chi connectivity index (χ0v) is 13.3. The molecule has 2 rings (SSSR count). The maximum Gasteiger partial charge on any atom is 0.492 e. The molecule has 2 aromatic rings.